The molecule has 106 valence electrons. The number of nitrogens with two attached hydrogens (primary N) is 1. The van der Waals surface area contributed by atoms with Crippen molar-refractivity contribution in [2.75, 3.05) is 11.9 Å². The van der Waals surface area contributed by atoms with Gasteiger partial charge < -0.3 is 15.6 Å². The number of hydrogen-bond acceptors (Lipinski definition) is 5. The summed E-state index contributed by atoms with van der Waals surface area (Å²) in [6.45, 7) is 1.94. The van der Waals surface area contributed by atoms with Crippen LogP contribution in [0.25, 0.3) is 0 Å². The van der Waals surface area contributed by atoms with Crippen molar-refractivity contribution in [1.29, 1.82) is 0 Å². The predicted octanol–water partition coefficient (Wildman–Crippen LogP) is 1.95. The number of nitrogens with zero attached hydrogens (tertiary/aromatic N) is 2. The lowest BCUT2D eigenvalue weighted by atomic mass is 10.2. The highest BCUT2D eigenvalue weighted by Crippen LogP contribution is 2.20. The van der Waals surface area contributed by atoms with Crippen LogP contribution in [-0.2, 0) is 6.42 Å². The van der Waals surface area contributed by atoms with Crippen LogP contribution in [0.15, 0.2) is 16.7 Å². The number of rotatable bonds is 5. The van der Waals surface area contributed by atoms with Crippen molar-refractivity contribution in [2.24, 2.45) is 5.73 Å². The highest BCUT2D eigenvalue weighted by molar-refractivity contribution is 7.80. The van der Waals surface area contributed by atoms with Gasteiger partial charge in [-0.1, -0.05) is 17.4 Å². The normalized spacial score (nSPS) is 10.6. The van der Waals surface area contributed by atoms with Crippen molar-refractivity contribution in [3.8, 4) is 0 Å². The van der Waals surface area contributed by atoms with Gasteiger partial charge in [-0.2, -0.15) is 4.98 Å². The first kappa shape index (κ1) is 14.3. The van der Waals surface area contributed by atoms with E-state index < -0.39 is 11.6 Å². The molecule has 0 aliphatic rings. The van der Waals surface area contributed by atoms with E-state index in [0.717, 1.165) is 12.1 Å². The third-order valence-electron chi connectivity index (χ3n) is 2.54. The third kappa shape index (κ3) is 3.27. The average Bonchev–Trinajstić information content (AvgIpc) is 2.78. The number of nitrogens with one attached hydrogen (secondary N) is 1. The van der Waals surface area contributed by atoms with Crippen LogP contribution in [-0.4, -0.2) is 21.7 Å². The Balaban J connectivity index is 2.04. The monoisotopic (exact) mass is 298 g/mol. The fourth-order valence-electron chi connectivity index (χ4n) is 1.62. The van der Waals surface area contributed by atoms with Gasteiger partial charge >= 0.3 is 0 Å². The van der Waals surface area contributed by atoms with E-state index in [-0.39, 0.29) is 22.8 Å². The van der Waals surface area contributed by atoms with Crippen LogP contribution in [0.2, 0.25) is 0 Å². The van der Waals surface area contributed by atoms with Crippen LogP contribution >= 0.6 is 12.2 Å². The summed E-state index contributed by atoms with van der Waals surface area (Å²) in [5, 5.41) is 6.26. The fraction of sp³-hybridized carbons (Fsp3) is 0.250. The van der Waals surface area contributed by atoms with Gasteiger partial charge in [0.05, 0.1) is 0 Å². The van der Waals surface area contributed by atoms with Crippen molar-refractivity contribution in [3.05, 3.63) is 41.0 Å². The van der Waals surface area contributed by atoms with Crippen LogP contribution in [0.3, 0.4) is 0 Å². The van der Waals surface area contributed by atoms with E-state index in [1.54, 1.807) is 6.92 Å². The molecular weight excluding hydrogens is 286 g/mol. The molecule has 0 amide bonds. The molecule has 0 fully saturated rings. The Morgan fingerprint density at radius 2 is 2.05 bits per heavy atom. The summed E-state index contributed by atoms with van der Waals surface area (Å²) in [7, 11) is 0. The molecule has 0 saturated carbocycles. The number of benzene rings is 1. The van der Waals surface area contributed by atoms with E-state index in [2.05, 4.69) is 27.7 Å². The number of aryl methyl sites for hydroxylation is 1. The van der Waals surface area contributed by atoms with Crippen LogP contribution in [0.5, 0.6) is 0 Å². The molecule has 8 heteroatoms. The molecule has 3 N–H and O–H groups in total. The van der Waals surface area contributed by atoms with E-state index in [1.807, 2.05) is 0 Å². The van der Waals surface area contributed by atoms with E-state index in [1.165, 1.54) is 0 Å². The van der Waals surface area contributed by atoms with E-state index in [4.69, 9.17) is 10.3 Å². The minimum atomic E-state index is -0.755. The molecular formula is C12H12F2N4OS. The molecule has 5 nitrogen and oxygen atoms in total. The summed E-state index contributed by atoms with van der Waals surface area (Å²) in [4.78, 5) is 3.93. The quantitative estimate of drug-likeness (QED) is 0.822. The van der Waals surface area contributed by atoms with Crippen molar-refractivity contribution < 1.29 is 13.3 Å². The van der Waals surface area contributed by atoms with Crippen molar-refractivity contribution in [3.63, 3.8) is 0 Å². The predicted molar refractivity (Wildman–Crippen MR) is 73.5 cm³/mol. The highest BCUT2D eigenvalue weighted by atomic mass is 32.1. The zero-order valence-corrected chi connectivity index (χ0v) is 11.4. The lowest BCUT2D eigenvalue weighted by molar-refractivity contribution is 0.377. The molecule has 1 aromatic heterocycles. The number of aromatic nitrogens is 2. The van der Waals surface area contributed by atoms with Gasteiger partial charge in [-0.05, 0) is 19.1 Å². The summed E-state index contributed by atoms with van der Waals surface area (Å²) in [5.41, 5.74) is 5.24. The Hall–Kier alpha value is -2.09. The molecule has 1 heterocycles. The summed E-state index contributed by atoms with van der Waals surface area (Å²) in [6, 6.07) is 2.18. The number of hydrogen-bond donors (Lipinski definition) is 2. The zero-order chi connectivity index (χ0) is 14.7. The second-order valence-electron chi connectivity index (χ2n) is 4.09. The van der Waals surface area contributed by atoms with Crippen molar-refractivity contribution in [1.82, 2.24) is 10.1 Å². The molecule has 2 rings (SSSR count). The van der Waals surface area contributed by atoms with Gasteiger partial charge in [-0.25, -0.2) is 8.78 Å². The van der Waals surface area contributed by atoms with Gasteiger partial charge in [0.25, 0.3) is 0 Å². The number of anilines is 1. The van der Waals surface area contributed by atoms with E-state index in [9.17, 15) is 8.78 Å². The first-order valence-electron chi connectivity index (χ1n) is 5.79. The first-order chi connectivity index (χ1) is 9.47. The van der Waals surface area contributed by atoms with Crippen LogP contribution in [0.4, 0.5) is 14.5 Å². The molecule has 0 bridgehead atoms. The van der Waals surface area contributed by atoms with Gasteiger partial charge in [0.1, 0.15) is 22.3 Å². The van der Waals surface area contributed by atoms with Crippen molar-refractivity contribution >= 4 is 22.9 Å². The Bertz CT molecular complexity index is 621. The van der Waals surface area contributed by atoms with Crippen LogP contribution < -0.4 is 11.1 Å². The number of thiocarbonyl (C=S) groups is 1. The second kappa shape index (κ2) is 5.91. The summed E-state index contributed by atoms with van der Waals surface area (Å²) in [5.74, 6) is -0.599. The molecule has 1 aromatic carbocycles. The maximum Gasteiger partial charge on any atom is 0.228 e. The Morgan fingerprint density at radius 3 is 2.55 bits per heavy atom. The Labute approximate surface area is 119 Å². The molecule has 0 saturated heterocycles. The molecule has 0 unspecified atom stereocenters. The minimum Gasteiger partial charge on any atom is -0.389 e. The van der Waals surface area contributed by atoms with Gasteiger partial charge in [-0.3, -0.25) is 0 Å². The third-order valence-corrected chi connectivity index (χ3v) is 2.77. The zero-order valence-electron chi connectivity index (χ0n) is 10.6. The largest absolute Gasteiger partial charge is 0.389 e. The molecule has 2 aromatic rings. The fourth-order valence-corrected chi connectivity index (χ4v) is 1.74. The SMILES string of the molecule is Cc1noc(CCNc2c(F)cc(C(N)=S)cc2F)n1. The minimum absolute atomic E-state index is 0.0596. The molecule has 0 aliphatic carbocycles. The molecule has 0 atom stereocenters. The smallest absolute Gasteiger partial charge is 0.228 e. The average molecular weight is 298 g/mol. The molecule has 0 radical (unpaired) electrons. The maximum atomic E-state index is 13.7. The maximum absolute atomic E-state index is 13.7. The Morgan fingerprint density at radius 1 is 1.40 bits per heavy atom. The van der Waals surface area contributed by atoms with Crippen LogP contribution in [0.1, 0.15) is 17.3 Å². The second-order valence-corrected chi connectivity index (χ2v) is 4.53. The molecule has 0 aliphatic heterocycles. The lowest BCUT2D eigenvalue weighted by Gasteiger charge is -2.09. The number of halogens is 2. The topological polar surface area (TPSA) is 77.0 Å². The lowest BCUT2D eigenvalue weighted by Crippen LogP contribution is -2.13. The van der Waals surface area contributed by atoms with E-state index in [0.29, 0.717) is 18.1 Å². The van der Waals surface area contributed by atoms with Crippen LogP contribution in [0, 0.1) is 18.6 Å². The van der Waals surface area contributed by atoms with Gasteiger partial charge in [0, 0.05) is 18.5 Å². The summed E-state index contributed by atoms with van der Waals surface area (Å²) < 4.78 is 32.4. The molecule has 0 spiro atoms. The van der Waals surface area contributed by atoms with Crippen molar-refractivity contribution in [2.45, 2.75) is 13.3 Å². The molecule has 20 heavy (non-hydrogen) atoms. The van der Waals surface area contributed by atoms with Gasteiger partial charge in [0.2, 0.25) is 5.89 Å². The summed E-state index contributed by atoms with van der Waals surface area (Å²) >= 11 is 4.67. The summed E-state index contributed by atoms with van der Waals surface area (Å²) in [6.07, 6.45) is 0.358. The van der Waals surface area contributed by atoms with E-state index >= 15 is 0 Å². The highest BCUT2D eigenvalue weighted by Gasteiger charge is 2.12. The Kier molecular flexibility index (Phi) is 4.23. The van der Waals surface area contributed by atoms with Gasteiger partial charge in [-0.15, -0.1) is 0 Å². The first-order valence-corrected chi connectivity index (χ1v) is 6.20. The standard InChI is InChI=1S/C12H12F2N4OS/c1-6-17-10(19-18-6)2-3-16-11-8(13)4-7(12(15)20)5-9(11)14/h4-5,16H,2-3H2,1H3,(H2,15,20). The van der Waals surface area contributed by atoms with Gasteiger partial charge in [0.15, 0.2) is 5.82 Å².